The van der Waals surface area contributed by atoms with Gasteiger partial charge >= 0.3 is 5.69 Å². The third-order valence-corrected chi connectivity index (χ3v) is 6.69. The number of hydrogen-bond donors (Lipinski definition) is 2. The summed E-state index contributed by atoms with van der Waals surface area (Å²) in [5, 5.41) is 7.34. The molecule has 0 saturated heterocycles. The molecule has 2 heterocycles. The van der Waals surface area contributed by atoms with Gasteiger partial charge in [0, 0.05) is 17.2 Å². The molecule has 2 aromatic heterocycles. The van der Waals surface area contributed by atoms with Crippen molar-refractivity contribution in [2.75, 3.05) is 6.26 Å². The number of nitrogens with zero attached hydrogens (tertiary/aromatic N) is 3. The maximum Gasteiger partial charge on any atom is 0.342 e. The predicted molar refractivity (Wildman–Crippen MR) is 125 cm³/mol. The standard InChI is InChI=1S/C21H17Cl2N5O3S/c1-21(5-6-21)28-15-9-11(3-4-14(15)24-20(28)32-2)31-17-12(22)7-10(8-13(17)23)16-18(29)25-19(30)27-26-16/h3-4,7-9H,5-6H2,1-2H3,(H2,25,27,29,30). The number of imidazole rings is 1. The molecule has 0 bridgehead atoms. The lowest BCUT2D eigenvalue weighted by Gasteiger charge is -2.16. The summed E-state index contributed by atoms with van der Waals surface area (Å²) in [7, 11) is 0. The summed E-state index contributed by atoms with van der Waals surface area (Å²) in [4.78, 5) is 30.1. The van der Waals surface area contributed by atoms with E-state index in [0.29, 0.717) is 11.3 Å². The van der Waals surface area contributed by atoms with Crippen LogP contribution in [0.15, 0.2) is 45.1 Å². The van der Waals surface area contributed by atoms with Gasteiger partial charge in [0.15, 0.2) is 16.6 Å². The van der Waals surface area contributed by atoms with Crippen LogP contribution in [0.1, 0.15) is 19.8 Å². The fourth-order valence-corrected chi connectivity index (χ4v) is 4.87. The first kappa shape index (κ1) is 21.1. The number of H-pyrrole nitrogens is 2. The largest absolute Gasteiger partial charge is 0.454 e. The number of nitrogens with one attached hydrogen (secondary N) is 2. The van der Waals surface area contributed by atoms with Crippen molar-refractivity contribution in [3.8, 4) is 22.8 Å². The zero-order valence-corrected chi connectivity index (χ0v) is 19.4. The molecule has 164 valence electrons. The van der Waals surface area contributed by atoms with Crippen LogP contribution in [0.4, 0.5) is 0 Å². The number of thioether (sulfide) groups is 1. The Morgan fingerprint density at radius 1 is 1.16 bits per heavy atom. The number of aromatic nitrogens is 5. The van der Waals surface area contributed by atoms with E-state index in [2.05, 4.69) is 26.7 Å². The highest BCUT2D eigenvalue weighted by Gasteiger charge is 2.42. The first-order valence-corrected chi connectivity index (χ1v) is 11.7. The Hall–Kier alpha value is -2.75. The van der Waals surface area contributed by atoms with Gasteiger partial charge in [0.2, 0.25) is 0 Å². The fraction of sp³-hybridized carbons (Fsp3) is 0.238. The van der Waals surface area contributed by atoms with E-state index in [-0.39, 0.29) is 27.0 Å². The van der Waals surface area contributed by atoms with E-state index in [1.165, 1.54) is 12.1 Å². The number of fused-ring (bicyclic) bond motifs is 1. The molecule has 0 aliphatic heterocycles. The summed E-state index contributed by atoms with van der Waals surface area (Å²) in [6.07, 6.45) is 4.23. The second kappa shape index (κ2) is 7.68. The van der Waals surface area contributed by atoms with Crippen LogP contribution in [-0.4, -0.2) is 31.0 Å². The predicted octanol–water partition coefficient (Wildman–Crippen LogP) is 4.80. The SMILES string of the molecule is CSc1nc2ccc(Oc3c(Cl)cc(-c4n[nH]c(=O)[nH]c4=O)cc3Cl)cc2n1C1(C)CC1. The minimum atomic E-state index is -0.699. The number of hydrogen-bond acceptors (Lipinski definition) is 6. The summed E-state index contributed by atoms with van der Waals surface area (Å²) in [6.45, 7) is 2.22. The maximum absolute atomic E-state index is 12.0. The molecule has 2 aromatic carbocycles. The van der Waals surface area contributed by atoms with Crippen molar-refractivity contribution in [3.63, 3.8) is 0 Å². The monoisotopic (exact) mass is 489 g/mol. The van der Waals surface area contributed by atoms with Gasteiger partial charge in [-0.3, -0.25) is 9.78 Å². The summed E-state index contributed by atoms with van der Waals surface area (Å²) in [5.74, 6) is 0.818. The van der Waals surface area contributed by atoms with Crippen molar-refractivity contribution < 1.29 is 4.74 Å². The summed E-state index contributed by atoms with van der Waals surface area (Å²) >= 11 is 14.5. The van der Waals surface area contributed by atoms with Gasteiger partial charge in [0.05, 0.1) is 21.1 Å². The van der Waals surface area contributed by atoms with E-state index >= 15 is 0 Å². The molecule has 0 radical (unpaired) electrons. The van der Waals surface area contributed by atoms with Gasteiger partial charge in [-0.2, -0.15) is 5.10 Å². The van der Waals surface area contributed by atoms with Gasteiger partial charge in [-0.15, -0.1) is 0 Å². The summed E-state index contributed by atoms with van der Waals surface area (Å²) in [5.41, 5.74) is 0.948. The van der Waals surface area contributed by atoms with Crippen molar-refractivity contribution in [3.05, 3.63) is 61.2 Å². The van der Waals surface area contributed by atoms with E-state index in [1.54, 1.807) is 11.8 Å². The van der Waals surface area contributed by atoms with Gasteiger partial charge in [0.1, 0.15) is 5.75 Å². The maximum atomic E-state index is 12.0. The summed E-state index contributed by atoms with van der Waals surface area (Å²) in [6, 6.07) is 8.68. The topological polar surface area (TPSA) is 106 Å². The Balaban J connectivity index is 1.54. The Morgan fingerprint density at radius 2 is 1.88 bits per heavy atom. The van der Waals surface area contributed by atoms with Gasteiger partial charge in [-0.05, 0) is 50.3 Å². The summed E-state index contributed by atoms with van der Waals surface area (Å²) < 4.78 is 8.31. The molecule has 0 spiro atoms. The second-order valence-electron chi connectivity index (χ2n) is 7.81. The second-order valence-corrected chi connectivity index (χ2v) is 9.40. The lowest BCUT2D eigenvalue weighted by Crippen LogP contribution is -2.25. The van der Waals surface area contributed by atoms with Crippen molar-refractivity contribution in [1.29, 1.82) is 0 Å². The van der Waals surface area contributed by atoms with Crippen molar-refractivity contribution in [2.45, 2.75) is 30.5 Å². The smallest absolute Gasteiger partial charge is 0.342 e. The minimum Gasteiger partial charge on any atom is -0.454 e. The molecule has 32 heavy (non-hydrogen) atoms. The number of aromatic amines is 2. The molecule has 1 saturated carbocycles. The van der Waals surface area contributed by atoms with Crippen LogP contribution >= 0.6 is 35.0 Å². The number of benzene rings is 2. The molecule has 1 aliphatic rings. The molecule has 8 nitrogen and oxygen atoms in total. The van der Waals surface area contributed by atoms with Gasteiger partial charge in [-0.1, -0.05) is 35.0 Å². The molecule has 0 amide bonds. The minimum absolute atomic E-state index is 0.00690. The first-order chi connectivity index (χ1) is 15.3. The third kappa shape index (κ3) is 3.60. The molecule has 4 aromatic rings. The van der Waals surface area contributed by atoms with Gasteiger partial charge in [-0.25, -0.2) is 14.9 Å². The van der Waals surface area contributed by atoms with Crippen LogP contribution in [-0.2, 0) is 5.54 Å². The van der Waals surface area contributed by atoms with E-state index < -0.39 is 11.2 Å². The lowest BCUT2D eigenvalue weighted by molar-refractivity contribution is 0.481. The van der Waals surface area contributed by atoms with E-state index in [9.17, 15) is 9.59 Å². The molecule has 2 N–H and O–H groups in total. The molecule has 11 heteroatoms. The van der Waals surface area contributed by atoms with Crippen LogP contribution in [0.5, 0.6) is 11.5 Å². The number of halogens is 2. The molecule has 0 atom stereocenters. The zero-order valence-electron chi connectivity index (χ0n) is 17.0. The first-order valence-electron chi connectivity index (χ1n) is 9.72. The highest BCUT2D eigenvalue weighted by atomic mass is 35.5. The van der Waals surface area contributed by atoms with Crippen LogP contribution in [0, 0.1) is 0 Å². The molecule has 1 fully saturated rings. The molecule has 0 unspecified atom stereocenters. The van der Waals surface area contributed by atoms with Gasteiger partial charge < -0.3 is 9.30 Å². The molecular weight excluding hydrogens is 473 g/mol. The highest BCUT2D eigenvalue weighted by molar-refractivity contribution is 7.98. The number of ether oxygens (including phenoxy) is 1. The fourth-order valence-electron chi connectivity index (χ4n) is 3.61. The Morgan fingerprint density at radius 3 is 2.50 bits per heavy atom. The van der Waals surface area contributed by atoms with Crippen molar-refractivity contribution in [2.24, 2.45) is 0 Å². The van der Waals surface area contributed by atoms with Crippen molar-refractivity contribution >= 4 is 46.0 Å². The molecule has 1 aliphatic carbocycles. The van der Waals surface area contributed by atoms with E-state index in [0.717, 1.165) is 29.0 Å². The normalized spacial score (nSPS) is 14.6. The highest BCUT2D eigenvalue weighted by Crippen LogP contribution is 2.47. The molecule has 5 rings (SSSR count). The Bertz CT molecular complexity index is 1470. The Labute approximate surface area is 195 Å². The van der Waals surface area contributed by atoms with E-state index in [1.807, 2.05) is 24.5 Å². The third-order valence-electron chi connectivity index (χ3n) is 5.49. The lowest BCUT2D eigenvalue weighted by atomic mass is 10.1. The Kier molecular flexibility index (Phi) is 5.07. The molecular formula is C21H17Cl2N5O3S. The average Bonchev–Trinajstić information content (AvgIpc) is 3.37. The van der Waals surface area contributed by atoms with E-state index in [4.69, 9.17) is 32.9 Å². The van der Waals surface area contributed by atoms with Crippen LogP contribution in [0.25, 0.3) is 22.3 Å². The number of rotatable bonds is 5. The quantitative estimate of drug-likeness (QED) is 0.389. The van der Waals surface area contributed by atoms with Crippen LogP contribution in [0.2, 0.25) is 10.0 Å². The van der Waals surface area contributed by atoms with Crippen LogP contribution in [0.3, 0.4) is 0 Å². The zero-order chi connectivity index (χ0) is 22.6. The van der Waals surface area contributed by atoms with Crippen LogP contribution < -0.4 is 16.0 Å². The van der Waals surface area contributed by atoms with Crippen molar-refractivity contribution in [1.82, 2.24) is 24.7 Å². The average molecular weight is 490 g/mol. The van der Waals surface area contributed by atoms with Gasteiger partial charge in [0.25, 0.3) is 5.56 Å².